The lowest BCUT2D eigenvalue weighted by atomic mass is 10.2. The summed E-state index contributed by atoms with van der Waals surface area (Å²) in [6.45, 7) is 0.0767. The SMILES string of the molecule is CN(c1ccc(-c2nc(CC(N)=O)nn2CCO)cc1)S(C)(=O)=O. The molecule has 0 spiro atoms. The van der Waals surface area contributed by atoms with E-state index >= 15 is 0 Å². The third kappa shape index (κ3) is 4.09. The standard InChI is InChI=1S/C14H19N5O4S/c1-18(24(2,22)23)11-5-3-10(4-6-11)14-16-13(9-12(15)21)17-19(14)7-8-20/h3-6,20H,7-9H2,1-2H3,(H2,15,21). The van der Waals surface area contributed by atoms with Crippen molar-refractivity contribution in [2.75, 3.05) is 24.2 Å². The third-order valence-corrected chi connectivity index (χ3v) is 4.55. The van der Waals surface area contributed by atoms with Crippen LogP contribution in [0.4, 0.5) is 5.69 Å². The molecule has 24 heavy (non-hydrogen) atoms. The van der Waals surface area contributed by atoms with Crippen molar-refractivity contribution < 1.29 is 18.3 Å². The molecule has 0 fully saturated rings. The number of carbonyl (C=O) groups is 1. The predicted octanol–water partition coefficient (Wildman–Crippen LogP) is -0.639. The Balaban J connectivity index is 2.37. The van der Waals surface area contributed by atoms with Crippen molar-refractivity contribution in [2.24, 2.45) is 5.73 Å². The van der Waals surface area contributed by atoms with Crippen molar-refractivity contribution in [3.05, 3.63) is 30.1 Å². The first-order chi connectivity index (χ1) is 11.2. The van der Waals surface area contributed by atoms with Crippen LogP contribution in [-0.4, -0.2) is 54.1 Å². The van der Waals surface area contributed by atoms with Crippen LogP contribution in [0, 0.1) is 0 Å². The van der Waals surface area contributed by atoms with Crippen LogP contribution in [0.5, 0.6) is 0 Å². The molecule has 0 unspecified atom stereocenters. The molecule has 0 saturated carbocycles. The van der Waals surface area contributed by atoms with Crippen molar-refractivity contribution in [1.29, 1.82) is 0 Å². The number of rotatable bonds is 7. The van der Waals surface area contributed by atoms with Crippen LogP contribution in [0.3, 0.4) is 0 Å². The van der Waals surface area contributed by atoms with E-state index < -0.39 is 15.9 Å². The quantitative estimate of drug-likeness (QED) is 0.681. The van der Waals surface area contributed by atoms with E-state index in [9.17, 15) is 13.2 Å². The van der Waals surface area contributed by atoms with Crippen LogP contribution in [0.2, 0.25) is 0 Å². The second-order valence-corrected chi connectivity index (χ2v) is 7.23. The largest absolute Gasteiger partial charge is 0.394 e. The van der Waals surface area contributed by atoms with E-state index in [2.05, 4.69) is 10.1 Å². The summed E-state index contributed by atoms with van der Waals surface area (Å²) in [4.78, 5) is 15.3. The second kappa shape index (κ2) is 6.97. The van der Waals surface area contributed by atoms with Gasteiger partial charge in [0.05, 0.1) is 31.5 Å². The van der Waals surface area contributed by atoms with Gasteiger partial charge in [0.25, 0.3) is 0 Å². The molecule has 1 aromatic carbocycles. The fraction of sp³-hybridized carbons (Fsp3) is 0.357. The molecular formula is C14H19N5O4S. The van der Waals surface area contributed by atoms with Gasteiger partial charge in [-0.3, -0.25) is 9.10 Å². The Labute approximate surface area is 139 Å². The summed E-state index contributed by atoms with van der Waals surface area (Å²) < 4.78 is 25.8. The Hall–Kier alpha value is -2.46. The molecule has 3 N–H and O–H groups in total. The fourth-order valence-corrected chi connectivity index (χ4v) is 2.60. The molecule has 1 amide bonds. The maximum atomic E-state index is 11.6. The molecule has 0 bridgehead atoms. The number of nitrogens with zero attached hydrogens (tertiary/aromatic N) is 4. The molecule has 2 aromatic rings. The molecule has 0 saturated heterocycles. The molecule has 130 valence electrons. The van der Waals surface area contributed by atoms with Crippen molar-refractivity contribution in [2.45, 2.75) is 13.0 Å². The van der Waals surface area contributed by atoms with Gasteiger partial charge < -0.3 is 10.8 Å². The number of sulfonamides is 1. The monoisotopic (exact) mass is 353 g/mol. The zero-order valence-corrected chi connectivity index (χ0v) is 14.2. The van der Waals surface area contributed by atoms with Crippen molar-refractivity contribution in [3.63, 3.8) is 0 Å². The van der Waals surface area contributed by atoms with E-state index in [4.69, 9.17) is 10.8 Å². The topological polar surface area (TPSA) is 131 Å². The Morgan fingerprint density at radius 1 is 1.33 bits per heavy atom. The molecule has 1 heterocycles. The summed E-state index contributed by atoms with van der Waals surface area (Å²) in [5.41, 5.74) is 6.33. The molecule has 10 heteroatoms. The molecule has 0 radical (unpaired) electrons. The van der Waals surface area contributed by atoms with Gasteiger partial charge in [0.1, 0.15) is 0 Å². The van der Waals surface area contributed by atoms with Gasteiger partial charge in [0.2, 0.25) is 15.9 Å². The molecule has 0 aliphatic rings. The van der Waals surface area contributed by atoms with Gasteiger partial charge in [0, 0.05) is 12.6 Å². The van der Waals surface area contributed by atoms with E-state index in [-0.39, 0.29) is 25.4 Å². The number of aliphatic hydroxyl groups is 1. The Morgan fingerprint density at radius 2 is 1.96 bits per heavy atom. The molecule has 2 rings (SSSR count). The highest BCUT2D eigenvalue weighted by molar-refractivity contribution is 7.92. The number of carbonyl (C=O) groups excluding carboxylic acids is 1. The van der Waals surface area contributed by atoms with Crippen LogP contribution < -0.4 is 10.0 Å². The lowest BCUT2D eigenvalue weighted by Gasteiger charge is -2.16. The Kier molecular flexibility index (Phi) is 5.20. The van der Waals surface area contributed by atoms with Crippen LogP contribution in [0.25, 0.3) is 11.4 Å². The molecule has 0 aliphatic carbocycles. The summed E-state index contributed by atoms with van der Waals surface area (Å²) in [7, 11) is -1.88. The molecular weight excluding hydrogens is 334 g/mol. The number of benzene rings is 1. The lowest BCUT2D eigenvalue weighted by molar-refractivity contribution is -0.117. The van der Waals surface area contributed by atoms with Gasteiger partial charge in [-0.2, -0.15) is 5.10 Å². The van der Waals surface area contributed by atoms with Crippen molar-refractivity contribution >= 4 is 21.6 Å². The van der Waals surface area contributed by atoms with E-state index in [0.717, 1.165) is 10.6 Å². The maximum Gasteiger partial charge on any atom is 0.231 e. The van der Waals surface area contributed by atoms with Gasteiger partial charge in [0.15, 0.2) is 11.6 Å². The van der Waals surface area contributed by atoms with E-state index in [1.54, 1.807) is 24.3 Å². The van der Waals surface area contributed by atoms with Crippen LogP contribution in [0.15, 0.2) is 24.3 Å². The minimum Gasteiger partial charge on any atom is -0.394 e. The van der Waals surface area contributed by atoms with Gasteiger partial charge in [-0.15, -0.1) is 0 Å². The summed E-state index contributed by atoms with van der Waals surface area (Å²) in [6, 6.07) is 6.68. The second-order valence-electron chi connectivity index (χ2n) is 5.22. The van der Waals surface area contributed by atoms with Crippen LogP contribution >= 0.6 is 0 Å². The lowest BCUT2D eigenvalue weighted by Crippen LogP contribution is -2.24. The number of nitrogens with two attached hydrogens (primary N) is 1. The number of aliphatic hydroxyl groups excluding tert-OH is 1. The fourth-order valence-electron chi connectivity index (χ4n) is 2.10. The van der Waals surface area contributed by atoms with Crippen LogP contribution in [0.1, 0.15) is 5.82 Å². The highest BCUT2D eigenvalue weighted by Crippen LogP contribution is 2.23. The minimum absolute atomic E-state index is 0.0969. The first kappa shape index (κ1) is 17.9. The first-order valence-corrected chi connectivity index (χ1v) is 8.94. The summed E-state index contributed by atoms with van der Waals surface area (Å²) in [5.74, 6) is 0.185. The normalized spacial score (nSPS) is 11.5. The highest BCUT2D eigenvalue weighted by Gasteiger charge is 2.15. The van der Waals surface area contributed by atoms with Crippen molar-refractivity contribution in [1.82, 2.24) is 14.8 Å². The number of hydrogen-bond acceptors (Lipinski definition) is 6. The molecule has 0 atom stereocenters. The zero-order chi connectivity index (χ0) is 17.9. The number of primary amides is 1. The van der Waals surface area contributed by atoms with Gasteiger partial charge in [-0.25, -0.2) is 18.1 Å². The number of aromatic nitrogens is 3. The summed E-state index contributed by atoms with van der Waals surface area (Å²) in [6.07, 6.45) is 1.02. The summed E-state index contributed by atoms with van der Waals surface area (Å²) >= 11 is 0. The Morgan fingerprint density at radius 3 is 2.46 bits per heavy atom. The minimum atomic E-state index is -3.34. The van der Waals surface area contributed by atoms with E-state index in [1.165, 1.54) is 11.7 Å². The molecule has 9 nitrogen and oxygen atoms in total. The van der Waals surface area contributed by atoms with Crippen molar-refractivity contribution in [3.8, 4) is 11.4 Å². The van der Waals surface area contributed by atoms with Crippen LogP contribution in [-0.2, 0) is 27.8 Å². The smallest absolute Gasteiger partial charge is 0.231 e. The molecule has 0 aliphatic heterocycles. The Bertz CT molecular complexity index is 829. The number of hydrogen-bond donors (Lipinski definition) is 2. The van der Waals surface area contributed by atoms with Gasteiger partial charge >= 0.3 is 0 Å². The van der Waals surface area contributed by atoms with E-state index in [0.29, 0.717) is 17.1 Å². The highest BCUT2D eigenvalue weighted by atomic mass is 32.2. The first-order valence-electron chi connectivity index (χ1n) is 7.09. The zero-order valence-electron chi connectivity index (χ0n) is 13.4. The maximum absolute atomic E-state index is 11.6. The number of anilines is 1. The van der Waals surface area contributed by atoms with Gasteiger partial charge in [-0.1, -0.05) is 0 Å². The molecule has 1 aromatic heterocycles. The van der Waals surface area contributed by atoms with Gasteiger partial charge in [-0.05, 0) is 24.3 Å². The average molecular weight is 353 g/mol. The average Bonchev–Trinajstić information content (AvgIpc) is 2.88. The van der Waals surface area contributed by atoms with E-state index in [1.807, 2.05) is 0 Å². The summed E-state index contributed by atoms with van der Waals surface area (Å²) in [5, 5.41) is 13.3. The predicted molar refractivity (Wildman–Crippen MR) is 88.7 cm³/mol. The number of amides is 1. The third-order valence-electron chi connectivity index (χ3n) is 3.35.